The van der Waals surface area contributed by atoms with Crippen LogP contribution in [-0.4, -0.2) is 35.1 Å². The smallest absolute Gasteiger partial charge is 0.0647 e. The summed E-state index contributed by atoms with van der Waals surface area (Å²) in [6.07, 6.45) is 2.54. The van der Waals surface area contributed by atoms with Crippen LogP contribution in [0.25, 0.3) is 0 Å². The second kappa shape index (κ2) is 5.10. The molecule has 1 fully saturated rings. The molecule has 0 amide bonds. The number of hydrogen-bond donors (Lipinski definition) is 2. The topological polar surface area (TPSA) is 49.7 Å². The second-order valence-electron chi connectivity index (χ2n) is 4.33. The van der Waals surface area contributed by atoms with Gasteiger partial charge >= 0.3 is 0 Å². The third-order valence-corrected chi connectivity index (χ3v) is 3.39. The predicted molar refractivity (Wildman–Crippen MR) is 55.1 cm³/mol. The fourth-order valence-electron chi connectivity index (χ4n) is 2.01. The van der Waals surface area contributed by atoms with Crippen LogP contribution in [0, 0.1) is 5.92 Å². The zero-order valence-electron chi connectivity index (χ0n) is 9.20. The predicted octanol–water partition coefficient (Wildman–Crippen LogP) is 1.32. The Labute approximate surface area is 86.1 Å². The molecule has 1 saturated heterocycles. The van der Waals surface area contributed by atoms with Crippen LogP contribution < -0.4 is 0 Å². The molecule has 3 nitrogen and oxygen atoms in total. The molecule has 2 unspecified atom stereocenters. The molecule has 0 saturated carbocycles. The lowest BCUT2D eigenvalue weighted by molar-refractivity contribution is -0.0780. The molecule has 2 N–H and O–H groups in total. The van der Waals surface area contributed by atoms with Crippen molar-refractivity contribution in [3.05, 3.63) is 0 Å². The van der Waals surface area contributed by atoms with E-state index in [0.717, 1.165) is 12.8 Å². The summed E-state index contributed by atoms with van der Waals surface area (Å²) in [5, 5.41) is 19.9. The minimum absolute atomic E-state index is 0.105. The number of aliphatic hydroxyl groups is 2. The highest BCUT2D eigenvalue weighted by Gasteiger charge is 2.32. The van der Waals surface area contributed by atoms with Gasteiger partial charge in [0, 0.05) is 12.5 Å². The first kappa shape index (κ1) is 12.0. The third-order valence-electron chi connectivity index (χ3n) is 3.39. The number of ether oxygens (including phenoxy) is 1. The van der Waals surface area contributed by atoms with Crippen LogP contribution in [0.15, 0.2) is 0 Å². The Hall–Kier alpha value is -0.120. The van der Waals surface area contributed by atoms with E-state index in [9.17, 15) is 10.2 Å². The van der Waals surface area contributed by atoms with Crippen molar-refractivity contribution in [3.63, 3.8) is 0 Å². The van der Waals surface area contributed by atoms with E-state index in [1.165, 1.54) is 0 Å². The highest BCUT2D eigenvalue weighted by Crippen LogP contribution is 2.28. The van der Waals surface area contributed by atoms with Crippen molar-refractivity contribution in [2.75, 3.05) is 13.2 Å². The van der Waals surface area contributed by atoms with Crippen LogP contribution in [0.1, 0.15) is 39.5 Å². The summed E-state index contributed by atoms with van der Waals surface area (Å²) in [6.45, 7) is 5.21. The summed E-state index contributed by atoms with van der Waals surface area (Å²) in [4.78, 5) is 0. The molecule has 0 aliphatic carbocycles. The van der Waals surface area contributed by atoms with Gasteiger partial charge in [-0.15, -0.1) is 0 Å². The highest BCUT2D eigenvalue weighted by molar-refractivity contribution is 4.83. The SMILES string of the molecule is CCC(O)(CC)CC1COCCC1O. The normalized spacial score (nSPS) is 29.1. The van der Waals surface area contributed by atoms with Gasteiger partial charge in [0.25, 0.3) is 0 Å². The van der Waals surface area contributed by atoms with E-state index in [-0.39, 0.29) is 12.0 Å². The summed E-state index contributed by atoms with van der Waals surface area (Å²) in [7, 11) is 0. The fourth-order valence-corrected chi connectivity index (χ4v) is 2.01. The summed E-state index contributed by atoms with van der Waals surface area (Å²) in [5.41, 5.74) is -0.619. The van der Waals surface area contributed by atoms with E-state index in [1.807, 2.05) is 13.8 Å². The van der Waals surface area contributed by atoms with Crippen LogP contribution in [0.5, 0.6) is 0 Å². The van der Waals surface area contributed by atoms with Crippen LogP contribution in [-0.2, 0) is 4.74 Å². The van der Waals surface area contributed by atoms with Gasteiger partial charge in [0.1, 0.15) is 0 Å². The minimum Gasteiger partial charge on any atom is -0.393 e. The molecule has 1 rings (SSSR count). The molecule has 2 atom stereocenters. The van der Waals surface area contributed by atoms with Crippen molar-refractivity contribution in [3.8, 4) is 0 Å². The lowest BCUT2D eigenvalue weighted by atomic mass is 9.82. The summed E-state index contributed by atoms with van der Waals surface area (Å²) >= 11 is 0. The zero-order chi connectivity index (χ0) is 10.6. The van der Waals surface area contributed by atoms with E-state index < -0.39 is 5.60 Å². The molecule has 1 heterocycles. The number of hydrogen-bond acceptors (Lipinski definition) is 3. The van der Waals surface area contributed by atoms with E-state index in [2.05, 4.69) is 0 Å². The Morgan fingerprint density at radius 1 is 1.36 bits per heavy atom. The van der Waals surface area contributed by atoms with Gasteiger partial charge < -0.3 is 14.9 Å². The first-order valence-electron chi connectivity index (χ1n) is 5.59. The van der Waals surface area contributed by atoms with Gasteiger partial charge in [-0.25, -0.2) is 0 Å². The van der Waals surface area contributed by atoms with Gasteiger partial charge in [0.15, 0.2) is 0 Å². The molecule has 0 spiro atoms. The molecule has 1 aliphatic rings. The van der Waals surface area contributed by atoms with E-state index in [1.54, 1.807) is 0 Å². The van der Waals surface area contributed by atoms with Crippen molar-refractivity contribution in [2.24, 2.45) is 5.92 Å². The Morgan fingerprint density at radius 2 is 2.00 bits per heavy atom. The Morgan fingerprint density at radius 3 is 2.50 bits per heavy atom. The standard InChI is InChI=1S/C11H22O3/c1-3-11(13,4-2)7-9-8-14-6-5-10(9)12/h9-10,12-13H,3-8H2,1-2H3. The van der Waals surface area contributed by atoms with Crippen LogP contribution in [0.2, 0.25) is 0 Å². The first-order valence-corrected chi connectivity index (χ1v) is 5.59. The monoisotopic (exact) mass is 202 g/mol. The van der Waals surface area contributed by atoms with E-state index in [4.69, 9.17) is 4.74 Å². The molecule has 0 radical (unpaired) electrons. The van der Waals surface area contributed by atoms with E-state index in [0.29, 0.717) is 26.1 Å². The lowest BCUT2D eigenvalue weighted by Gasteiger charge is -2.34. The summed E-state index contributed by atoms with van der Waals surface area (Å²) in [6, 6.07) is 0. The average Bonchev–Trinajstić information content (AvgIpc) is 2.21. The number of rotatable bonds is 4. The maximum atomic E-state index is 10.1. The van der Waals surface area contributed by atoms with Gasteiger partial charge in [0.05, 0.1) is 18.3 Å². The Bertz CT molecular complexity index is 166. The molecule has 84 valence electrons. The van der Waals surface area contributed by atoms with Gasteiger partial charge in [-0.3, -0.25) is 0 Å². The van der Waals surface area contributed by atoms with Gasteiger partial charge in [0.2, 0.25) is 0 Å². The van der Waals surface area contributed by atoms with Crippen LogP contribution >= 0.6 is 0 Å². The van der Waals surface area contributed by atoms with Crippen LogP contribution in [0.4, 0.5) is 0 Å². The maximum Gasteiger partial charge on any atom is 0.0647 e. The summed E-state index contributed by atoms with van der Waals surface area (Å²) < 4.78 is 5.32. The van der Waals surface area contributed by atoms with Crippen molar-refractivity contribution in [1.82, 2.24) is 0 Å². The van der Waals surface area contributed by atoms with Gasteiger partial charge in [-0.2, -0.15) is 0 Å². The van der Waals surface area contributed by atoms with Gasteiger partial charge in [-0.1, -0.05) is 13.8 Å². The molecular formula is C11H22O3. The molecule has 0 aromatic rings. The third kappa shape index (κ3) is 2.94. The molecular weight excluding hydrogens is 180 g/mol. The molecule has 0 aromatic carbocycles. The van der Waals surface area contributed by atoms with Crippen molar-refractivity contribution in [1.29, 1.82) is 0 Å². The fraction of sp³-hybridized carbons (Fsp3) is 1.00. The van der Waals surface area contributed by atoms with Crippen molar-refractivity contribution in [2.45, 2.75) is 51.2 Å². The zero-order valence-corrected chi connectivity index (χ0v) is 9.20. The first-order chi connectivity index (χ1) is 6.61. The number of aliphatic hydroxyl groups excluding tert-OH is 1. The van der Waals surface area contributed by atoms with E-state index >= 15 is 0 Å². The largest absolute Gasteiger partial charge is 0.393 e. The molecule has 14 heavy (non-hydrogen) atoms. The lowest BCUT2D eigenvalue weighted by Crippen LogP contribution is -2.39. The summed E-state index contributed by atoms with van der Waals surface area (Å²) in [5.74, 6) is 0.105. The minimum atomic E-state index is -0.619. The molecule has 0 aromatic heterocycles. The van der Waals surface area contributed by atoms with Gasteiger partial charge in [-0.05, 0) is 25.7 Å². The Kier molecular flexibility index (Phi) is 4.35. The maximum absolute atomic E-state index is 10.1. The Balaban J connectivity index is 2.48. The quantitative estimate of drug-likeness (QED) is 0.723. The highest BCUT2D eigenvalue weighted by atomic mass is 16.5. The molecule has 0 bridgehead atoms. The average molecular weight is 202 g/mol. The molecule has 1 aliphatic heterocycles. The molecule has 3 heteroatoms. The second-order valence-corrected chi connectivity index (χ2v) is 4.33. The van der Waals surface area contributed by atoms with Crippen molar-refractivity contribution < 1.29 is 14.9 Å². The van der Waals surface area contributed by atoms with Crippen molar-refractivity contribution >= 4 is 0 Å². The van der Waals surface area contributed by atoms with Crippen LogP contribution in [0.3, 0.4) is 0 Å².